The molecule has 0 saturated heterocycles. The number of halogens is 1. The number of anilines is 1. The van der Waals surface area contributed by atoms with Gasteiger partial charge in [0.15, 0.2) is 5.82 Å². The van der Waals surface area contributed by atoms with Gasteiger partial charge in [0.1, 0.15) is 5.82 Å². The third-order valence-electron chi connectivity index (χ3n) is 3.18. The summed E-state index contributed by atoms with van der Waals surface area (Å²) in [4.78, 5) is 9.21. The zero-order valence-corrected chi connectivity index (χ0v) is 13.3. The zero-order valence-electron chi connectivity index (χ0n) is 12.6. The minimum Gasteiger partial charge on any atom is -0.373 e. The van der Waals surface area contributed by atoms with E-state index < -0.39 is 0 Å². The maximum Gasteiger partial charge on any atom is 0.161 e. The Morgan fingerprint density at radius 1 is 1.10 bits per heavy atom. The fraction of sp³-hybridized carbons (Fsp3) is 0.375. The van der Waals surface area contributed by atoms with E-state index in [0.717, 1.165) is 27.7 Å². The lowest BCUT2D eigenvalue weighted by Gasteiger charge is -2.19. The highest BCUT2D eigenvalue weighted by Gasteiger charge is 2.18. The van der Waals surface area contributed by atoms with E-state index in [1.165, 1.54) is 0 Å². The molecular formula is C16H20ClN3. The van der Waals surface area contributed by atoms with Crippen molar-refractivity contribution in [2.75, 3.05) is 12.4 Å². The van der Waals surface area contributed by atoms with Crippen LogP contribution in [0.2, 0.25) is 5.02 Å². The van der Waals surface area contributed by atoms with Crippen molar-refractivity contribution in [2.45, 2.75) is 33.1 Å². The standard InChI is InChI=1S/C16H20ClN3/c1-10-6-7-11(8-12(10)17)15-19-13(16(2,3)4)9-14(18-5)20-15/h6-9H,1-5H3,(H,18,19,20). The molecule has 0 bridgehead atoms. The van der Waals surface area contributed by atoms with Crippen LogP contribution >= 0.6 is 11.6 Å². The fourth-order valence-corrected chi connectivity index (χ4v) is 2.00. The van der Waals surface area contributed by atoms with Crippen molar-refractivity contribution in [1.82, 2.24) is 9.97 Å². The molecule has 3 nitrogen and oxygen atoms in total. The predicted octanol–water partition coefficient (Wildman–Crippen LogP) is 4.44. The highest BCUT2D eigenvalue weighted by Crippen LogP contribution is 2.27. The number of benzene rings is 1. The summed E-state index contributed by atoms with van der Waals surface area (Å²) in [5.74, 6) is 1.51. The van der Waals surface area contributed by atoms with Crippen LogP contribution in [0.5, 0.6) is 0 Å². The maximum atomic E-state index is 6.20. The lowest BCUT2D eigenvalue weighted by atomic mass is 9.91. The molecule has 1 N–H and O–H groups in total. The van der Waals surface area contributed by atoms with E-state index in [1.807, 2.05) is 38.2 Å². The van der Waals surface area contributed by atoms with E-state index >= 15 is 0 Å². The molecule has 0 amide bonds. The summed E-state index contributed by atoms with van der Waals surface area (Å²) in [7, 11) is 1.86. The number of rotatable bonds is 2. The Kier molecular flexibility index (Phi) is 4.00. The average Bonchev–Trinajstić information content (AvgIpc) is 2.40. The van der Waals surface area contributed by atoms with Crippen molar-refractivity contribution in [1.29, 1.82) is 0 Å². The molecule has 0 unspecified atom stereocenters. The highest BCUT2D eigenvalue weighted by molar-refractivity contribution is 6.31. The van der Waals surface area contributed by atoms with E-state index in [9.17, 15) is 0 Å². The van der Waals surface area contributed by atoms with Crippen molar-refractivity contribution in [3.8, 4) is 11.4 Å². The molecule has 0 aliphatic heterocycles. The third-order valence-corrected chi connectivity index (χ3v) is 3.59. The van der Waals surface area contributed by atoms with Crippen molar-refractivity contribution in [3.05, 3.63) is 40.5 Å². The van der Waals surface area contributed by atoms with Gasteiger partial charge in [-0.2, -0.15) is 0 Å². The van der Waals surface area contributed by atoms with Crippen LogP contribution in [0.3, 0.4) is 0 Å². The van der Waals surface area contributed by atoms with Gasteiger partial charge >= 0.3 is 0 Å². The summed E-state index contributed by atoms with van der Waals surface area (Å²) in [6, 6.07) is 7.89. The Labute approximate surface area is 125 Å². The monoisotopic (exact) mass is 289 g/mol. The van der Waals surface area contributed by atoms with Crippen LogP contribution in [0.4, 0.5) is 5.82 Å². The van der Waals surface area contributed by atoms with Gasteiger partial charge in [0.2, 0.25) is 0 Å². The van der Waals surface area contributed by atoms with Crippen LogP contribution in [0.15, 0.2) is 24.3 Å². The van der Waals surface area contributed by atoms with E-state index in [4.69, 9.17) is 11.6 Å². The summed E-state index contributed by atoms with van der Waals surface area (Å²) < 4.78 is 0. The average molecular weight is 290 g/mol. The van der Waals surface area contributed by atoms with Crippen LogP contribution in [-0.2, 0) is 5.41 Å². The Morgan fingerprint density at radius 3 is 2.35 bits per heavy atom. The van der Waals surface area contributed by atoms with Gasteiger partial charge in [-0.3, -0.25) is 0 Å². The molecule has 4 heteroatoms. The first-order valence-corrected chi connectivity index (χ1v) is 7.03. The second-order valence-electron chi connectivity index (χ2n) is 5.93. The van der Waals surface area contributed by atoms with Gasteiger partial charge in [0, 0.05) is 29.1 Å². The molecule has 106 valence electrons. The van der Waals surface area contributed by atoms with Crippen molar-refractivity contribution in [2.24, 2.45) is 0 Å². The largest absolute Gasteiger partial charge is 0.373 e. The molecule has 0 saturated carbocycles. The van der Waals surface area contributed by atoms with Gasteiger partial charge in [-0.15, -0.1) is 0 Å². The Bertz CT molecular complexity index is 630. The highest BCUT2D eigenvalue weighted by atomic mass is 35.5. The maximum absolute atomic E-state index is 6.20. The molecule has 0 spiro atoms. The fourth-order valence-electron chi connectivity index (χ4n) is 1.82. The Morgan fingerprint density at radius 2 is 1.80 bits per heavy atom. The number of hydrogen-bond donors (Lipinski definition) is 1. The van der Waals surface area contributed by atoms with E-state index in [-0.39, 0.29) is 5.41 Å². The molecule has 0 fully saturated rings. The van der Waals surface area contributed by atoms with Crippen molar-refractivity contribution in [3.63, 3.8) is 0 Å². The molecule has 20 heavy (non-hydrogen) atoms. The number of hydrogen-bond acceptors (Lipinski definition) is 3. The van der Waals surface area contributed by atoms with Crippen molar-refractivity contribution >= 4 is 17.4 Å². The second kappa shape index (κ2) is 5.41. The molecule has 0 atom stereocenters. The SMILES string of the molecule is CNc1cc(C(C)(C)C)nc(-c2ccc(C)c(Cl)c2)n1. The van der Waals surface area contributed by atoms with E-state index in [2.05, 4.69) is 36.1 Å². The summed E-state index contributed by atoms with van der Waals surface area (Å²) in [6.07, 6.45) is 0. The topological polar surface area (TPSA) is 37.8 Å². The van der Waals surface area contributed by atoms with Crippen LogP contribution in [0.1, 0.15) is 32.0 Å². The first kappa shape index (κ1) is 14.8. The molecule has 0 aliphatic carbocycles. The minimum absolute atomic E-state index is 0.0300. The molecule has 1 aromatic heterocycles. The molecule has 1 heterocycles. The van der Waals surface area contributed by atoms with Crippen LogP contribution in [-0.4, -0.2) is 17.0 Å². The molecular weight excluding hydrogens is 270 g/mol. The minimum atomic E-state index is -0.0300. The summed E-state index contributed by atoms with van der Waals surface area (Å²) in [6.45, 7) is 8.40. The summed E-state index contributed by atoms with van der Waals surface area (Å²) in [5, 5.41) is 3.83. The number of nitrogens with zero attached hydrogens (tertiary/aromatic N) is 2. The van der Waals surface area contributed by atoms with Crippen LogP contribution < -0.4 is 5.32 Å². The molecule has 2 rings (SSSR count). The summed E-state index contributed by atoms with van der Waals surface area (Å²) in [5.41, 5.74) is 2.96. The van der Waals surface area contributed by atoms with Gasteiger partial charge < -0.3 is 5.32 Å². The first-order valence-electron chi connectivity index (χ1n) is 6.65. The van der Waals surface area contributed by atoms with E-state index in [0.29, 0.717) is 5.82 Å². The third kappa shape index (κ3) is 3.10. The lowest BCUT2D eigenvalue weighted by molar-refractivity contribution is 0.568. The molecule has 2 aromatic rings. The zero-order chi connectivity index (χ0) is 14.9. The number of aromatic nitrogens is 2. The van der Waals surface area contributed by atoms with Crippen LogP contribution in [0, 0.1) is 6.92 Å². The Balaban J connectivity index is 2.58. The van der Waals surface area contributed by atoms with Gasteiger partial charge in [0.25, 0.3) is 0 Å². The van der Waals surface area contributed by atoms with E-state index in [1.54, 1.807) is 0 Å². The normalized spacial score (nSPS) is 11.5. The first-order chi connectivity index (χ1) is 9.31. The molecule has 1 aromatic carbocycles. The van der Waals surface area contributed by atoms with Gasteiger partial charge in [-0.1, -0.05) is 44.5 Å². The smallest absolute Gasteiger partial charge is 0.161 e. The second-order valence-corrected chi connectivity index (χ2v) is 6.33. The van der Waals surface area contributed by atoms with Gasteiger partial charge in [-0.05, 0) is 18.6 Å². The van der Waals surface area contributed by atoms with Crippen molar-refractivity contribution < 1.29 is 0 Å². The number of aryl methyl sites for hydroxylation is 1. The quantitative estimate of drug-likeness (QED) is 0.888. The molecule has 0 aliphatic rings. The lowest BCUT2D eigenvalue weighted by Crippen LogP contribution is -2.15. The van der Waals surface area contributed by atoms with Crippen LogP contribution in [0.25, 0.3) is 11.4 Å². The van der Waals surface area contributed by atoms with Gasteiger partial charge in [0.05, 0.1) is 5.69 Å². The summed E-state index contributed by atoms with van der Waals surface area (Å²) >= 11 is 6.20. The predicted molar refractivity (Wildman–Crippen MR) is 85.5 cm³/mol. The molecule has 0 radical (unpaired) electrons. The van der Waals surface area contributed by atoms with Gasteiger partial charge in [-0.25, -0.2) is 9.97 Å². The Hall–Kier alpha value is -1.61. The number of nitrogens with one attached hydrogen (secondary N) is 1.